The second-order valence-electron chi connectivity index (χ2n) is 8.13. The third kappa shape index (κ3) is 10.7. The Morgan fingerprint density at radius 3 is 2.41 bits per heavy atom. The van der Waals surface area contributed by atoms with Gasteiger partial charge >= 0.3 is 5.97 Å². The predicted octanol–water partition coefficient (Wildman–Crippen LogP) is 7.32. The van der Waals surface area contributed by atoms with E-state index in [2.05, 4.69) is 55.2 Å². The van der Waals surface area contributed by atoms with Crippen LogP contribution in [0.4, 0.5) is 0 Å². The number of aromatic nitrogens is 1. The summed E-state index contributed by atoms with van der Waals surface area (Å²) in [5.74, 6) is 0.272. The Morgan fingerprint density at radius 2 is 1.69 bits per heavy atom. The molecule has 0 bridgehead atoms. The first-order chi connectivity index (χ1) is 15.7. The van der Waals surface area contributed by atoms with E-state index in [1.165, 1.54) is 31.2 Å². The number of pyridine rings is 1. The standard InChI is InChI=1S/C28H39NO3/c1-3-5-6-7-8-11-14-28(30)32-26-19-20-27(29-23-26)25-17-15-24(16-18-25)13-10-9-12-22-31-21-4-2/h7-8,15-20,23H,3-6,9-14,21-22H2,1-2H3. The molecule has 0 amide bonds. The lowest BCUT2D eigenvalue weighted by Gasteiger charge is -2.07. The van der Waals surface area contributed by atoms with Crippen LogP contribution in [0, 0.1) is 0 Å². The van der Waals surface area contributed by atoms with Crippen molar-refractivity contribution in [3.63, 3.8) is 0 Å². The fourth-order valence-corrected chi connectivity index (χ4v) is 3.35. The third-order valence-corrected chi connectivity index (χ3v) is 5.23. The summed E-state index contributed by atoms with van der Waals surface area (Å²) >= 11 is 0. The van der Waals surface area contributed by atoms with E-state index in [0.29, 0.717) is 18.6 Å². The molecular weight excluding hydrogens is 398 g/mol. The molecular formula is C28H39NO3. The van der Waals surface area contributed by atoms with E-state index in [1.54, 1.807) is 6.20 Å². The molecule has 4 heteroatoms. The average Bonchev–Trinajstić information content (AvgIpc) is 2.82. The molecule has 1 aromatic heterocycles. The highest BCUT2D eigenvalue weighted by Crippen LogP contribution is 2.21. The Morgan fingerprint density at radius 1 is 0.875 bits per heavy atom. The monoisotopic (exact) mass is 437 g/mol. The van der Waals surface area contributed by atoms with Crippen molar-refractivity contribution in [1.29, 1.82) is 0 Å². The maximum Gasteiger partial charge on any atom is 0.311 e. The van der Waals surface area contributed by atoms with Gasteiger partial charge in [-0.25, -0.2) is 0 Å². The fourth-order valence-electron chi connectivity index (χ4n) is 3.35. The maximum atomic E-state index is 12.0. The zero-order chi connectivity index (χ0) is 22.9. The molecule has 0 saturated carbocycles. The first-order valence-electron chi connectivity index (χ1n) is 12.2. The minimum atomic E-state index is -0.221. The molecule has 0 N–H and O–H groups in total. The summed E-state index contributed by atoms with van der Waals surface area (Å²) in [7, 11) is 0. The van der Waals surface area contributed by atoms with E-state index in [1.807, 2.05) is 12.1 Å². The minimum Gasteiger partial charge on any atom is -0.425 e. The minimum absolute atomic E-state index is 0.221. The van der Waals surface area contributed by atoms with Crippen LogP contribution in [0.1, 0.15) is 77.2 Å². The lowest BCUT2D eigenvalue weighted by atomic mass is 10.0. The number of nitrogens with zero attached hydrogens (tertiary/aromatic N) is 1. The summed E-state index contributed by atoms with van der Waals surface area (Å²) in [6.45, 7) is 6.06. The van der Waals surface area contributed by atoms with Gasteiger partial charge in [0.2, 0.25) is 0 Å². The highest BCUT2D eigenvalue weighted by Gasteiger charge is 2.06. The van der Waals surface area contributed by atoms with Crippen molar-refractivity contribution in [2.75, 3.05) is 13.2 Å². The number of esters is 1. The second-order valence-corrected chi connectivity index (χ2v) is 8.13. The van der Waals surface area contributed by atoms with Crippen LogP contribution in [-0.4, -0.2) is 24.2 Å². The smallest absolute Gasteiger partial charge is 0.311 e. The highest BCUT2D eigenvalue weighted by atomic mass is 16.5. The normalized spacial score (nSPS) is 11.2. The van der Waals surface area contributed by atoms with Gasteiger partial charge in [0.1, 0.15) is 5.75 Å². The van der Waals surface area contributed by atoms with Crippen LogP contribution in [0.3, 0.4) is 0 Å². The van der Waals surface area contributed by atoms with Crippen LogP contribution < -0.4 is 4.74 Å². The Bertz CT molecular complexity index is 781. The zero-order valence-corrected chi connectivity index (χ0v) is 19.9. The van der Waals surface area contributed by atoms with Gasteiger partial charge in [-0.05, 0) is 56.2 Å². The molecule has 4 nitrogen and oxygen atoms in total. The molecule has 0 aliphatic carbocycles. The molecule has 2 aromatic rings. The van der Waals surface area contributed by atoms with Gasteiger partial charge in [0, 0.05) is 25.2 Å². The van der Waals surface area contributed by atoms with Crippen LogP contribution in [0.25, 0.3) is 11.3 Å². The van der Waals surface area contributed by atoms with Gasteiger partial charge in [0.25, 0.3) is 0 Å². The molecule has 0 fully saturated rings. The first-order valence-corrected chi connectivity index (χ1v) is 12.2. The molecule has 1 heterocycles. The Labute approximate surface area is 194 Å². The van der Waals surface area contributed by atoms with Crippen molar-refractivity contribution in [3.8, 4) is 17.0 Å². The van der Waals surface area contributed by atoms with E-state index >= 15 is 0 Å². The second kappa shape index (κ2) is 16.2. The molecule has 0 atom stereocenters. The molecule has 174 valence electrons. The lowest BCUT2D eigenvalue weighted by Crippen LogP contribution is -2.07. The van der Waals surface area contributed by atoms with Crippen molar-refractivity contribution in [2.24, 2.45) is 0 Å². The number of hydrogen-bond acceptors (Lipinski definition) is 4. The number of allylic oxidation sites excluding steroid dienone is 2. The van der Waals surface area contributed by atoms with E-state index in [9.17, 15) is 4.79 Å². The Balaban J connectivity index is 1.71. The van der Waals surface area contributed by atoms with Gasteiger partial charge in [-0.15, -0.1) is 0 Å². The number of benzene rings is 1. The number of carbonyl (C=O) groups is 1. The summed E-state index contributed by atoms with van der Waals surface area (Å²) in [6.07, 6.45) is 16.1. The van der Waals surface area contributed by atoms with Crippen molar-refractivity contribution in [2.45, 2.75) is 78.1 Å². The number of unbranched alkanes of at least 4 members (excludes halogenated alkanes) is 4. The summed E-state index contributed by atoms with van der Waals surface area (Å²) in [5, 5.41) is 0. The summed E-state index contributed by atoms with van der Waals surface area (Å²) < 4.78 is 10.9. The van der Waals surface area contributed by atoms with E-state index in [-0.39, 0.29) is 5.97 Å². The number of hydrogen-bond donors (Lipinski definition) is 0. The largest absolute Gasteiger partial charge is 0.425 e. The van der Waals surface area contributed by atoms with Crippen LogP contribution >= 0.6 is 0 Å². The van der Waals surface area contributed by atoms with Crippen LogP contribution in [-0.2, 0) is 16.0 Å². The van der Waals surface area contributed by atoms with E-state index < -0.39 is 0 Å². The Kier molecular flexibility index (Phi) is 13.1. The number of ether oxygens (including phenoxy) is 2. The maximum absolute atomic E-state index is 12.0. The first kappa shape index (κ1) is 25.8. The Hall–Kier alpha value is -2.46. The van der Waals surface area contributed by atoms with E-state index in [0.717, 1.165) is 50.2 Å². The fraction of sp³-hybridized carbons (Fsp3) is 0.500. The molecule has 0 spiro atoms. The van der Waals surface area contributed by atoms with Gasteiger partial charge in [0.15, 0.2) is 0 Å². The number of carbonyl (C=O) groups excluding carboxylic acids is 1. The number of aryl methyl sites for hydroxylation is 1. The summed E-state index contributed by atoms with van der Waals surface area (Å²) in [4.78, 5) is 16.4. The van der Waals surface area contributed by atoms with Gasteiger partial charge in [-0.2, -0.15) is 0 Å². The molecule has 0 radical (unpaired) electrons. The zero-order valence-electron chi connectivity index (χ0n) is 19.9. The summed E-state index contributed by atoms with van der Waals surface area (Å²) in [6, 6.07) is 12.3. The molecule has 32 heavy (non-hydrogen) atoms. The predicted molar refractivity (Wildman–Crippen MR) is 132 cm³/mol. The molecule has 0 unspecified atom stereocenters. The molecule has 1 aromatic carbocycles. The highest BCUT2D eigenvalue weighted by molar-refractivity contribution is 5.72. The van der Waals surface area contributed by atoms with Gasteiger partial charge in [0.05, 0.1) is 11.9 Å². The quantitative estimate of drug-likeness (QED) is 0.157. The van der Waals surface area contributed by atoms with Crippen LogP contribution in [0.15, 0.2) is 54.7 Å². The van der Waals surface area contributed by atoms with Crippen LogP contribution in [0.2, 0.25) is 0 Å². The lowest BCUT2D eigenvalue weighted by molar-refractivity contribution is -0.134. The van der Waals surface area contributed by atoms with Crippen molar-refractivity contribution in [1.82, 2.24) is 4.98 Å². The van der Waals surface area contributed by atoms with Crippen molar-refractivity contribution in [3.05, 3.63) is 60.3 Å². The van der Waals surface area contributed by atoms with Crippen molar-refractivity contribution < 1.29 is 14.3 Å². The molecule has 2 rings (SSSR count). The molecule has 0 aliphatic rings. The van der Waals surface area contributed by atoms with Gasteiger partial charge in [-0.1, -0.05) is 69.5 Å². The number of rotatable bonds is 16. The van der Waals surface area contributed by atoms with Gasteiger partial charge in [-0.3, -0.25) is 9.78 Å². The van der Waals surface area contributed by atoms with Crippen LogP contribution in [0.5, 0.6) is 5.75 Å². The van der Waals surface area contributed by atoms with E-state index in [4.69, 9.17) is 9.47 Å². The third-order valence-electron chi connectivity index (χ3n) is 5.23. The molecule has 0 saturated heterocycles. The van der Waals surface area contributed by atoms with Gasteiger partial charge < -0.3 is 9.47 Å². The topological polar surface area (TPSA) is 48.4 Å². The SMILES string of the molecule is CCCCC=CCCC(=O)Oc1ccc(-c2ccc(CCCCCOCCC)cc2)nc1. The average molecular weight is 438 g/mol. The van der Waals surface area contributed by atoms with Crippen molar-refractivity contribution >= 4 is 5.97 Å². The molecule has 0 aliphatic heterocycles. The summed E-state index contributed by atoms with van der Waals surface area (Å²) in [5.41, 5.74) is 3.29.